The zero-order valence-corrected chi connectivity index (χ0v) is 40.0. The topological polar surface area (TPSA) is 3.24 Å². The zero-order chi connectivity index (χ0) is 47.8. The van der Waals surface area contributed by atoms with Gasteiger partial charge in [0.1, 0.15) is 0 Å². The van der Waals surface area contributed by atoms with E-state index >= 15 is 0 Å². The van der Waals surface area contributed by atoms with E-state index in [1.807, 2.05) is 0 Å². The largest absolute Gasteiger partial charge is 0.310 e. The van der Waals surface area contributed by atoms with Crippen molar-refractivity contribution in [1.29, 1.82) is 0 Å². The number of benzene rings is 11. The molecule has 0 spiro atoms. The van der Waals surface area contributed by atoms with Crippen LogP contribution in [0.15, 0.2) is 291 Å². The van der Waals surface area contributed by atoms with Gasteiger partial charge >= 0.3 is 0 Å². The standard InChI is InChI=1S/C71H51N/c1-5-18-50(19-6-1)52-32-36-54(37-33-52)56-40-44-61(45-41-56)72(62-46-42-57(43-47-62)55-38-34-53(35-39-55)51-20-7-2-8-21-51)70-49-69-66(48-67(70)64-30-17-23-58-22-13-14-28-63(58)64)65-29-15-16-31-68(65)71(69,59-24-9-3-10-25-59)60-26-11-4-12-27-60/h1-14,17-49H,15-16H2. The molecule has 0 fully saturated rings. The van der Waals surface area contributed by atoms with E-state index in [1.54, 1.807) is 0 Å². The summed E-state index contributed by atoms with van der Waals surface area (Å²) in [6, 6.07) is 101. The zero-order valence-electron chi connectivity index (χ0n) is 40.0. The van der Waals surface area contributed by atoms with Crippen LogP contribution in [0.25, 0.3) is 72.0 Å². The van der Waals surface area contributed by atoms with Crippen LogP contribution in [0.2, 0.25) is 0 Å². The second-order valence-electron chi connectivity index (χ2n) is 19.1. The molecule has 0 N–H and O–H groups in total. The van der Waals surface area contributed by atoms with E-state index in [1.165, 1.54) is 99.8 Å². The van der Waals surface area contributed by atoms with Gasteiger partial charge in [0, 0.05) is 16.9 Å². The van der Waals surface area contributed by atoms with Crippen molar-refractivity contribution >= 4 is 33.4 Å². The molecule has 0 heterocycles. The molecule has 0 saturated heterocycles. The van der Waals surface area contributed by atoms with Gasteiger partial charge in [-0.1, -0.05) is 249 Å². The molecule has 1 nitrogen and oxygen atoms in total. The van der Waals surface area contributed by atoms with Crippen LogP contribution in [0.1, 0.15) is 35.1 Å². The quantitative estimate of drug-likeness (QED) is 0.132. The Morgan fingerprint density at radius 1 is 0.306 bits per heavy atom. The van der Waals surface area contributed by atoms with Gasteiger partial charge in [-0.25, -0.2) is 0 Å². The molecule has 0 bridgehead atoms. The first kappa shape index (κ1) is 43.0. The van der Waals surface area contributed by atoms with Crippen LogP contribution in [0.3, 0.4) is 0 Å². The summed E-state index contributed by atoms with van der Waals surface area (Å²) in [5.41, 5.74) is 22.6. The fourth-order valence-corrected chi connectivity index (χ4v) is 11.6. The van der Waals surface area contributed by atoms with Crippen molar-refractivity contribution in [2.24, 2.45) is 0 Å². The minimum atomic E-state index is -0.534. The fourth-order valence-electron chi connectivity index (χ4n) is 11.6. The Labute approximate surface area is 423 Å². The smallest absolute Gasteiger partial charge is 0.0711 e. The summed E-state index contributed by atoms with van der Waals surface area (Å²) in [4.78, 5) is 2.51. The Morgan fingerprint density at radius 3 is 1.21 bits per heavy atom. The monoisotopic (exact) mass is 917 g/mol. The maximum absolute atomic E-state index is 2.55. The molecular formula is C71H51N. The van der Waals surface area contributed by atoms with Gasteiger partial charge in [0.25, 0.3) is 0 Å². The van der Waals surface area contributed by atoms with Gasteiger partial charge in [-0.3, -0.25) is 0 Å². The summed E-state index contributed by atoms with van der Waals surface area (Å²) in [5.74, 6) is 0. The fraction of sp³-hybridized carbons (Fsp3) is 0.0423. The molecule has 2 aliphatic carbocycles. The summed E-state index contributed by atoms with van der Waals surface area (Å²) < 4.78 is 0. The average molecular weight is 918 g/mol. The van der Waals surface area contributed by atoms with E-state index in [0.29, 0.717) is 0 Å². The van der Waals surface area contributed by atoms with Crippen LogP contribution < -0.4 is 4.90 Å². The third kappa shape index (κ3) is 7.50. The molecule has 0 atom stereocenters. The molecule has 13 rings (SSSR count). The van der Waals surface area contributed by atoms with Gasteiger partial charge in [-0.2, -0.15) is 0 Å². The highest BCUT2D eigenvalue weighted by Crippen LogP contribution is 2.61. The van der Waals surface area contributed by atoms with Crippen molar-refractivity contribution in [1.82, 2.24) is 0 Å². The normalized spacial score (nSPS) is 13.4. The Bertz CT molecular complexity index is 3610. The third-order valence-electron chi connectivity index (χ3n) is 15.0. The molecule has 11 aromatic carbocycles. The highest BCUT2D eigenvalue weighted by atomic mass is 15.1. The molecule has 0 radical (unpaired) electrons. The lowest BCUT2D eigenvalue weighted by Crippen LogP contribution is -2.29. The van der Waals surface area contributed by atoms with Crippen molar-refractivity contribution in [3.05, 3.63) is 313 Å². The van der Waals surface area contributed by atoms with E-state index in [2.05, 4.69) is 290 Å². The van der Waals surface area contributed by atoms with E-state index in [0.717, 1.165) is 29.9 Å². The SMILES string of the molecule is C1=C2C(=CCC1)C(c1ccccc1)(c1ccccc1)c1cc(N(c3ccc(-c4ccc(-c5ccccc5)cc4)cc3)c3ccc(-c4ccc(-c5ccccc5)cc4)cc3)c(-c3cccc4ccccc34)cc12. The first-order valence-electron chi connectivity index (χ1n) is 25.2. The van der Waals surface area contributed by atoms with Crippen LogP contribution in [0.4, 0.5) is 17.1 Å². The van der Waals surface area contributed by atoms with Gasteiger partial charge in [-0.15, -0.1) is 0 Å². The number of hydrogen-bond donors (Lipinski definition) is 0. The number of hydrogen-bond acceptors (Lipinski definition) is 1. The average Bonchev–Trinajstić information content (AvgIpc) is 3.76. The van der Waals surface area contributed by atoms with E-state index in [9.17, 15) is 0 Å². The summed E-state index contributed by atoms with van der Waals surface area (Å²) in [7, 11) is 0. The summed E-state index contributed by atoms with van der Waals surface area (Å²) in [6.07, 6.45) is 7.05. The number of rotatable bonds is 10. The molecule has 0 amide bonds. The Hall–Kier alpha value is -9.04. The lowest BCUT2D eigenvalue weighted by atomic mass is 9.66. The molecule has 0 saturated carbocycles. The first-order valence-corrected chi connectivity index (χ1v) is 25.2. The Balaban J connectivity index is 1.04. The second kappa shape index (κ2) is 18.4. The molecule has 72 heavy (non-hydrogen) atoms. The number of allylic oxidation sites excluding steroid dienone is 4. The Kier molecular flexibility index (Phi) is 11.0. The molecule has 340 valence electrons. The Morgan fingerprint density at radius 2 is 0.708 bits per heavy atom. The van der Waals surface area contributed by atoms with Crippen molar-refractivity contribution in [2.45, 2.75) is 18.3 Å². The summed E-state index contributed by atoms with van der Waals surface area (Å²) in [5, 5.41) is 2.45. The molecule has 11 aromatic rings. The molecule has 0 unspecified atom stereocenters. The first-order chi connectivity index (χ1) is 35.7. The minimum Gasteiger partial charge on any atom is -0.310 e. The molecular weight excluding hydrogens is 867 g/mol. The second-order valence-corrected chi connectivity index (χ2v) is 19.1. The number of fused-ring (bicyclic) bond motifs is 4. The van der Waals surface area contributed by atoms with E-state index in [-0.39, 0.29) is 0 Å². The van der Waals surface area contributed by atoms with Gasteiger partial charge in [-0.05, 0) is 143 Å². The van der Waals surface area contributed by atoms with Crippen molar-refractivity contribution in [3.8, 4) is 55.6 Å². The minimum absolute atomic E-state index is 0.534. The molecule has 0 aromatic heterocycles. The van der Waals surface area contributed by atoms with E-state index in [4.69, 9.17) is 0 Å². The molecule has 2 aliphatic rings. The number of anilines is 3. The van der Waals surface area contributed by atoms with Gasteiger partial charge in [0.2, 0.25) is 0 Å². The third-order valence-corrected chi connectivity index (χ3v) is 15.0. The highest BCUT2D eigenvalue weighted by molar-refractivity contribution is 6.05. The van der Waals surface area contributed by atoms with Crippen LogP contribution in [-0.2, 0) is 5.41 Å². The van der Waals surface area contributed by atoms with Crippen LogP contribution in [-0.4, -0.2) is 0 Å². The van der Waals surface area contributed by atoms with Crippen LogP contribution in [0.5, 0.6) is 0 Å². The van der Waals surface area contributed by atoms with Crippen molar-refractivity contribution in [2.75, 3.05) is 4.90 Å². The molecule has 0 aliphatic heterocycles. The lowest BCUT2D eigenvalue weighted by Gasteiger charge is -2.36. The summed E-state index contributed by atoms with van der Waals surface area (Å²) in [6.45, 7) is 0. The lowest BCUT2D eigenvalue weighted by molar-refractivity contribution is 0.758. The van der Waals surface area contributed by atoms with Crippen molar-refractivity contribution in [3.63, 3.8) is 0 Å². The molecule has 1 heteroatoms. The van der Waals surface area contributed by atoms with Crippen LogP contribution >= 0.6 is 0 Å². The predicted octanol–water partition coefficient (Wildman–Crippen LogP) is 19.1. The predicted molar refractivity (Wildman–Crippen MR) is 304 cm³/mol. The maximum Gasteiger partial charge on any atom is 0.0711 e. The van der Waals surface area contributed by atoms with E-state index < -0.39 is 5.41 Å². The summed E-state index contributed by atoms with van der Waals surface area (Å²) >= 11 is 0. The number of nitrogens with zero attached hydrogens (tertiary/aromatic N) is 1. The van der Waals surface area contributed by atoms with Gasteiger partial charge in [0.15, 0.2) is 0 Å². The van der Waals surface area contributed by atoms with Crippen LogP contribution in [0, 0.1) is 0 Å². The van der Waals surface area contributed by atoms with Gasteiger partial charge in [0.05, 0.1) is 11.1 Å². The van der Waals surface area contributed by atoms with Crippen molar-refractivity contribution < 1.29 is 0 Å². The maximum atomic E-state index is 2.55. The van der Waals surface area contributed by atoms with Gasteiger partial charge < -0.3 is 4.90 Å². The highest BCUT2D eigenvalue weighted by Gasteiger charge is 2.49.